The molecule has 0 spiro atoms. The van der Waals surface area contributed by atoms with Crippen LogP contribution in [0.25, 0.3) is 0 Å². The van der Waals surface area contributed by atoms with Gasteiger partial charge in [-0.2, -0.15) is 4.31 Å². The number of sulfonamides is 1. The summed E-state index contributed by atoms with van der Waals surface area (Å²) in [7, 11) is -2.01. The number of rotatable bonds is 5. The topological polar surface area (TPSA) is 127 Å². The van der Waals surface area contributed by atoms with Gasteiger partial charge in [0.25, 0.3) is 0 Å². The second-order valence-corrected chi connectivity index (χ2v) is 7.59. The van der Waals surface area contributed by atoms with E-state index < -0.39 is 34.0 Å². The zero-order chi connectivity index (χ0) is 19.5. The van der Waals surface area contributed by atoms with Crippen molar-refractivity contribution in [2.75, 3.05) is 20.8 Å². The average molecular weight is 385 g/mol. The zero-order valence-corrected chi connectivity index (χ0v) is 15.1. The lowest BCUT2D eigenvalue weighted by Crippen LogP contribution is -2.47. The van der Waals surface area contributed by atoms with Crippen molar-refractivity contribution in [2.24, 2.45) is 0 Å². The van der Waals surface area contributed by atoms with E-state index in [1.165, 1.54) is 0 Å². The first kappa shape index (κ1) is 19.9. The smallest absolute Gasteiger partial charge is 0.337 e. The van der Waals surface area contributed by atoms with Gasteiger partial charge < -0.3 is 14.6 Å². The predicted octanol–water partition coefficient (Wildman–Crippen LogP) is 0.888. The Bertz CT molecular complexity index is 798. The Morgan fingerprint density at radius 3 is 2.04 bits per heavy atom. The van der Waals surface area contributed by atoms with Crippen LogP contribution in [-0.4, -0.2) is 62.5 Å². The maximum Gasteiger partial charge on any atom is 0.337 e. The maximum atomic E-state index is 13.0. The number of esters is 2. The van der Waals surface area contributed by atoms with Crippen LogP contribution < -0.4 is 0 Å². The molecule has 0 amide bonds. The van der Waals surface area contributed by atoms with E-state index in [1.54, 1.807) is 0 Å². The van der Waals surface area contributed by atoms with Gasteiger partial charge in [0, 0.05) is 6.54 Å². The number of carboxylic acid groups (broad SMARTS) is 1. The fourth-order valence-electron chi connectivity index (χ4n) is 2.79. The van der Waals surface area contributed by atoms with Crippen molar-refractivity contribution >= 4 is 27.9 Å². The number of nitrogens with zero attached hydrogens (tertiary/aromatic N) is 1. The Kier molecular flexibility index (Phi) is 5.98. The first-order chi connectivity index (χ1) is 12.2. The van der Waals surface area contributed by atoms with Crippen LogP contribution in [0.4, 0.5) is 0 Å². The molecule has 1 fully saturated rings. The summed E-state index contributed by atoms with van der Waals surface area (Å²) in [6, 6.07) is 2.07. The van der Waals surface area contributed by atoms with Gasteiger partial charge in [-0.15, -0.1) is 0 Å². The van der Waals surface area contributed by atoms with E-state index in [0.29, 0.717) is 12.8 Å². The number of hydrogen-bond acceptors (Lipinski definition) is 7. The maximum absolute atomic E-state index is 13.0. The summed E-state index contributed by atoms with van der Waals surface area (Å²) in [5.74, 6) is -2.91. The first-order valence-corrected chi connectivity index (χ1v) is 9.22. The Labute approximate surface area is 150 Å². The van der Waals surface area contributed by atoms with Crippen LogP contribution in [0.5, 0.6) is 0 Å². The van der Waals surface area contributed by atoms with Crippen molar-refractivity contribution in [1.82, 2.24) is 4.31 Å². The van der Waals surface area contributed by atoms with Crippen molar-refractivity contribution in [1.29, 1.82) is 0 Å². The van der Waals surface area contributed by atoms with Crippen LogP contribution in [0.3, 0.4) is 0 Å². The molecule has 1 aromatic carbocycles. The summed E-state index contributed by atoms with van der Waals surface area (Å²) in [6.45, 7) is 0.0370. The number of ether oxygens (including phenoxy) is 2. The summed E-state index contributed by atoms with van der Waals surface area (Å²) < 4.78 is 36.0. The lowest BCUT2D eigenvalue weighted by Gasteiger charge is -2.32. The Balaban J connectivity index is 2.58. The van der Waals surface area contributed by atoms with Gasteiger partial charge in [-0.3, -0.25) is 4.79 Å². The third kappa shape index (κ3) is 3.86. The molecule has 2 rings (SSSR count). The molecule has 0 aromatic heterocycles. The molecule has 1 unspecified atom stereocenters. The minimum absolute atomic E-state index is 0.0370. The normalized spacial score (nSPS) is 18.2. The molecule has 1 atom stereocenters. The van der Waals surface area contributed by atoms with Gasteiger partial charge in [0.15, 0.2) is 0 Å². The second kappa shape index (κ2) is 7.83. The Morgan fingerprint density at radius 1 is 1.04 bits per heavy atom. The Hall–Kier alpha value is -2.46. The fourth-order valence-corrected chi connectivity index (χ4v) is 4.52. The lowest BCUT2D eigenvalue weighted by molar-refractivity contribution is -0.142. The van der Waals surface area contributed by atoms with E-state index in [2.05, 4.69) is 9.47 Å². The van der Waals surface area contributed by atoms with Crippen LogP contribution in [0.2, 0.25) is 0 Å². The van der Waals surface area contributed by atoms with E-state index in [-0.39, 0.29) is 29.0 Å². The summed E-state index contributed by atoms with van der Waals surface area (Å²) in [4.78, 5) is 34.7. The van der Waals surface area contributed by atoms with Gasteiger partial charge in [-0.05, 0) is 37.5 Å². The minimum Gasteiger partial charge on any atom is -0.480 e. The monoisotopic (exact) mass is 385 g/mol. The van der Waals surface area contributed by atoms with Crippen molar-refractivity contribution in [2.45, 2.75) is 30.2 Å². The van der Waals surface area contributed by atoms with E-state index in [0.717, 1.165) is 36.7 Å². The minimum atomic E-state index is -4.25. The van der Waals surface area contributed by atoms with E-state index in [1.807, 2.05) is 0 Å². The van der Waals surface area contributed by atoms with Gasteiger partial charge in [0.2, 0.25) is 10.0 Å². The average Bonchev–Trinajstić information content (AvgIpc) is 2.66. The van der Waals surface area contributed by atoms with Crippen LogP contribution in [0.1, 0.15) is 40.0 Å². The molecule has 1 aliphatic heterocycles. The molecule has 0 bridgehead atoms. The van der Waals surface area contributed by atoms with Crippen LogP contribution in [-0.2, 0) is 24.3 Å². The number of methoxy groups -OCH3 is 2. The molecule has 10 heteroatoms. The van der Waals surface area contributed by atoms with Crippen molar-refractivity contribution in [3.05, 3.63) is 29.3 Å². The fraction of sp³-hybridized carbons (Fsp3) is 0.438. The molecular weight excluding hydrogens is 366 g/mol. The highest BCUT2D eigenvalue weighted by Crippen LogP contribution is 2.27. The molecule has 1 saturated heterocycles. The summed E-state index contributed by atoms with van der Waals surface area (Å²) >= 11 is 0. The van der Waals surface area contributed by atoms with Crippen LogP contribution in [0.15, 0.2) is 23.1 Å². The van der Waals surface area contributed by atoms with E-state index in [9.17, 15) is 27.9 Å². The van der Waals surface area contributed by atoms with E-state index >= 15 is 0 Å². The number of piperidine rings is 1. The molecule has 0 aliphatic carbocycles. The van der Waals surface area contributed by atoms with Crippen molar-refractivity contribution in [3.63, 3.8) is 0 Å². The molecule has 26 heavy (non-hydrogen) atoms. The SMILES string of the molecule is COC(=O)c1cc(C(=O)OC)cc(S(=O)(=O)N2CCCCC2C(=O)O)c1. The highest BCUT2D eigenvalue weighted by Gasteiger charge is 2.38. The molecule has 1 aliphatic rings. The largest absolute Gasteiger partial charge is 0.480 e. The van der Waals surface area contributed by atoms with Crippen molar-refractivity contribution in [3.8, 4) is 0 Å². The van der Waals surface area contributed by atoms with Gasteiger partial charge in [-0.25, -0.2) is 18.0 Å². The molecular formula is C16H19NO8S. The summed E-state index contributed by atoms with van der Waals surface area (Å²) in [6.07, 6.45) is 1.30. The molecule has 0 saturated carbocycles. The molecule has 0 radical (unpaired) electrons. The number of aliphatic carboxylic acids is 1. The van der Waals surface area contributed by atoms with Crippen LogP contribution in [0, 0.1) is 0 Å². The molecule has 1 heterocycles. The highest BCUT2D eigenvalue weighted by atomic mass is 32.2. The standard InChI is InChI=1S/C16H19NO8S/c1-24-15(20)10-7-11(16(21)25-2)9-12(8-10)26(22,23)17-6-4-3-5-13(17)14(18)19/h7-9,13H,3-6H2,1-2H3,(H,18,19). The van der Waals surface area contributed by atoms with E-state index in [4.69, 9.17) is 0 Å². The van der Waals surface area contributed by atoms with Crippen LogP contribution >= 0.6 is 0 Å². The first-order valence-electron chi connectivity index (χ1n) is 7.78. The van der Waals surface area contributed by atoms with Gasteiger partial charge in [0.1, 0.15) is 6.04 Å². The Morgan fingerprint density at radius 2 is 1.58 bits per heavy atom. The summed E-state index contributed by atoms with van der Waals surface area (Å²) in [5.41, 5.74) is -0.310. The highest BCUT2D eigenvalue weighted by molar-refractivity contribution is 7.89. The predicted molar refractivity (Wildman–Crippen MR) is 88.3 cm³/mol. The lowest BCUT2D eigenvalue weighted by atomic mass is 10.1. The number of benzene rings is 1. The molecule has 1 aromatic rings. The van der Waals surface area contributed by atoms with Gasteiger partial charge in [-0.1, -0.05) is 0 Å². The molecule has 9 nitrogen and oxygen atoms in total. The number of carbonyl (C=O) groups is 3. The van der Waals surface area contributed by atoms with Gasteiger partial charge >= 0.3 is 17.9 Å². The molecule has 1 N–H and O–H groups in total. The van der Waals surface area contributed by atoms with Gasteiger partial charge in [0.05, 0.1) is 30.2 Å². The number of carbonyl (C=O) groups excluding carboxylic acids is 2. The number of hydrogen-bond donors (Lipinski definition) is 1. The number of carboxylic acids is 1. The second-order valence-electron chi connectivity index (χ2n) is 5.69. The zero-order valence-electron chi connectivity index (χ0n) is 14.3. The molecule has 142 valence electrons. The van der Waals surface area contributed by atoms with Crippen molar-refractivity contribution < 1.29 is 37.4 Å². The summed E-state index contributed by atoms with van der Waals surface area (Å²) in [5, 5.41) is 9.33. The quantitative estimate of drug-likeness (QED) is 0.740. The third-order valence-corrected chi connectivity index (χ3v) is 5.98. The third-order valence-electron chi connectivity index (χ3n) is 4.09.